The molecule has 0 fully saturated rings. The largest absolute Gasteiger partial charge is 0.394 e. The van der Waals surface area contributed by atoms with Crippen LogP contribution in [0.1, 0.15) is 22.9 Å². The van der Waals surface area contributed by atoms with Crippen molar-refractivity contribution in [2.45, 2.75) is 12.5 Å². The standard InChI is InChI=1S/C16H15N3O/c17-10-13-5-3-7-16(18-13)19-9-8-12-4-1-2-6-14(12)15(19)11-20/h1-7,15,20H,8-9,11H2. The summed E-state index contributed by atoms with van der Waals surface area (Å²) >= 11 is 0. The molecule has 100 valence electrons. The predicted octanol–water partition coefficient (Wildman–Crippen LogP) is 2.05. The lowest BCUT2D eigenvalue weighted by atomic mass is 9.93. The van der Waals surface area contributed by atoms with Crippen LogP contribution < -0.4 is 4.90 Å². The molecule has 3 rings (SSSR count). The van der Waals surface area contributed by atoms with Gasteiger partial charge in [0.05, 0.1) is 12.6 Å². The van der Waals surface area contributed by atoms with E-state index in [1.807, 2.05) is 24.3 Å². The topological polar surface area (TPSA) is 60.2 Å². The molecule has 0 aliphatic carbocycles. The quantitative estimate of drug-likeness (QED) is 0.902. The Bertz CT molecular complexity index is 663. The zero-order chi connectivity index (χ0) is 13.9. The molecule has 1 unspecified atom stereocenters. The number of nitrogens with zero attached hydrogens (tertiary/aromatic N) is 3. The van der Waals surface area contributed by atoms with E-state index in [0.29, 0.717) is 5.69 Å². The van der Waals surface area contributed by atoms with Crippen LogP contribution in [-0.4, -0.2) is 23.2 Å². The van der Waals surface area contributed by atoms with Crippen LogP contribution in [0.2, 0.25) is 0 Å². The molecular formula is C16H15N3O. The van der Waals surface area contributed by atoms with Crippen LogP contribution in [0, 0.1) is 11.3 Å². The predicted molar refractivity (Wildman–Crippen MR) is 76.3 cm³/mol. The lowest BCUT2D eigenvalue weighted by Gasteiger charge is -2.37. The second-order valence-electron chi connectivity index (χ2n) is 4.83. The molecule has 1 aromatic heterocycles. The number of anilines is 1. The van der Waals surface area contributed by atoms with E-state index in [4.69, 9.17) is 5.26 Å². The smallest absolute Gasteiger partial charge is 0.142 e. The second-order valence-corrected chi connectivity index (χ2v) is 4.83. The highest BCUT2D eigenvalue weighted by atomic mass is 16.3. The van der Waals surface area contributed by atoms with Gasteiger partial charge in [-0.15, -0.1) is 0 Å². The number of pyridine rings is 1. The Morgan fingerprint density at radius 3 is 2.90 bits per heavy atom. The first-order valence-corrected chi connectivity index (χ1v) is 6.66. The van der Waals surface area contributed by atoms with Crippen LogP contribution in [0.25, 0.3) is 0 Å². The number of rotatable bonds is 2. The number of fused-ring (bicyclic) bond motifs is 1. The number of aromatic nitrogens is 1. The number of aliphatic hydroxyl groups excluding tert-OH is 1. The zero-order valence-electron chi connectivity index (χ0n) is 11.0. The van der Waals surface area contributed by atoms with Crippen LogP contribution in [-0.2, 0) is 6.42 Å². The van der Waals surface area contributed by atoms with Crippen LogP contribution in [0.4, 0.5) is 5.82 Å². The maximum absolute atomic E-state index is 9.76. The summed E-state index contributed by atoms with van der Waals surface area (Å²) in [5.74, 6) is 0.748. The third-order valence-electron chi connectivity index (χ3n) is 3.73. The van der Waals surface area contributed by atoms with Gasteiger partial charge in [0.15, 0.2) is 0 Å². The third-order valence-corrected chi connectivity index (χ3v) is 3.73. The van der Waals surface area contributed by atoms with Crippen LogP contribution in [0.3, 0.4) is 0 Å². The highest BCUT2D eigenvalue weighted by Gasteiger charge is 2.27. The molecule has 4 heteroatoms. The molecule has 0 radical (unpaired) electrons. The first-order chi connectivity index (χ1) is 9.83. The number of benzene rings is 1. The Hall–Kier alpha value is -2.38. The van der Waals surface area contributed by atoms with Gasteiger partial charge < -0.3 is 10.0 Å². The van der Waals surface area contributed by atoms with Crippen molar-refractivity contribution in [2.24, 2.45) is 0 Å². The Morgan fingerprint density at radius 2 is 2.10 bits per heavy atom. The van der Waals surface area contributed by atoms with Crippen LogP contribution in [0.15, 0.2) is 42.5 Å². The van der Waals surface area contributed by atoms with E-state index in [9.17, 15) is 5.11 Å². The van der Waals surface area contributed by atoms with E-state index in [1.165, 1.54) is 5.56 Å². The average Bonchev–Trinajstić information content (AvgIpc) is 2.53. The summed E-state index contributed by atoms with van der Waals surface area (Å²) in [7, 11) is 0. The highest BCUT2D eigenvalue weighted by Crippen LogP contribution is 2.32. The van der Waals surface area contributed by atoms with Crippen LogP contribution in [0.5, 0.6) is 0 Å². The summed E-state index contributed by atoms with van der Waals surface area (Å²) in [6, 6.07) is 15.5. The first-order valence-electron chi connectivity index (χ1n) is 6.66. The minimum absolute atomic E-state index is 0.0372. The molecular weight excluding hydrogens is 250 g/mol. The molecule has 1 aliphatic heterocycles. The molecule has 1 atom stereocenters. The molecule has 1 aliphatic rings. The molecule has 2 heterocycles. The molecule has 1 aromatic carbocycles. The molecule has 0 amide bonds. The van der Waals surface area contributed by atoms with Crippen molar-refractivity contribution in [2.75, 3.05) is 18.1 Å². The fourth-order valence-electron chi connectivity index (χ4n) is 2.77. The van der Waals surface area contributed by atoms with Gasteiger partial charge in [-0.1, -0.05) is 30.3 Å². The number of nitriles is 1. The molecule has 1 N–H and O–H groups in total. The van der Waals surface area contributed by atoms with E-state index >= 15 is 0 Å². The van der Waals surface area contributed by atoms with E-state index in [-0.39, 0.29) is 12.6 Å². The number of hydrogen-bond acceptors (Lipinski definition) is 4. The fourth-order valence-corrected chi connectivity index (χ4v) is 2.77. The van der Waals surface area contributed by atoms with Crippen molar-refractivity contribution >= 4 is 5.82 Å². The van der Waals surface area contributed by atoms with Crippen LogP contribution >= 0.6 is 0 Å². The molecule has 0 bridgehead atoms. The van der Waals surface area contributed by atoms with Gasteiger partial charge >= 0.3 is 0 Å². The molecule has 4 nitrogen and oxygen atoms in total. The number of hydrogen-bond donors (Lipinski definition) is 1. The Kier molecular flexibility index (Phi) is 3.36. The van der Waals surface area contributed by atoms with Gasteiger partial charge in [0, 0.05) is 6.54 Å². The Labute approximate surface area is 117 Å². The van der Waals surface area contributed by atoms with Gasteiger partial charge in [0.25, 0.3) is 0 Å². The van der Waals surface area contributed by atoms with Crippen molar-refractivity contribution in [3.05, 3.63) is 59.3 Å². The molecule has 20 heavy (non-hydrogen) atoms. The SMILES string of the molecule is N#Cc1cccc(N2CCc3ccccc3C2CO)n1. The van der Waals surface area contributed by atoms with Crippen molar-refractivity contribution in [3.8, 4) is 6.07 Å². The van der Waals surface area contributed by atoms with E-state index in [0.717, 1.165) is 24.3 Å². The highest BCUT2D eigenvalue weighted by molar-refractivity contribution is 5.48. The van der Waals surface area contributed by atoms with Gasteiger partial charge in [-0.05, 0) is 29.7 Å². The van der Waals surface area contributed by atoms with E-state index in [2.05, 4.69) is 28.1 Å². The maximum atomic E-state index is 9.76. The lowest BCUT2D eigenvalue weighted by molar-refractivity contribution is 0.256. The average molecular weight is 265 g/mol. The molecule has 2 aromatic rings. The Morgan fingerprint density at radius 1 is 1.25 bits per heavy atom. The van der Waals surface area contributed by atoms with Gasteiger partial charge in [-0.3, -0.25) is 0 Å². The fraction of sp³-hybridized carbons (Fsp3) is 0.250. The zero-order valence-corrected chi connectivity index (χ0v) is 11.0. The molecule has 0 spiro atoms. The van der Waals surface area contributed by atoms with Crippen molar-refractivity contribution in [1.82, 2.24) is 4.98 Å². The second kappa shape index (κ2) is 5.32. The summed E-state index contributed by atoms with van der Waals surface area (Å²) in [6.45, 7) is 0.833. The van der Waals surface area contributed by atoms with Gasteiger partial charge in [0.2, 0.25) is 0 Å². The van der Waals surface area contributed by atoms with Gasteiger partial charge in [-0.2, -0.15) is 5.26 Å². The summed E-state index contributed by atoms with van der Waals surface area (Å²) in [5, 5.41) is 18.7. The minimum atomic E-state index is -0.0959. The number of aliphatic hydroxyl groups is 1. The van der Waals surface area contributed by atoms with Crippen molar-refractivity contribution in [3.63, 3.8) is 0 Å². The normalized spacial score (nSPS) is 17.4. The third kappa shape index (κ3) is 2.13. The monoisotopic (exact) mass is 265 g/mol. The summed E-state index contributed by atoms with van der Waals surface area (Å²) in [6.07, 6.45) is 0.922. The maximum Gasteiger partial charge on any atom is 0.142 e. The Balaban J connectivity index is 2.01. The van der Waals surface area contributed by atoms with Crippen molar-refractivity contribution < 1.29 is 5.11 Å². The summed E-state index contributed by atoms with van der Waals surface area (Å²) < 4.78 is 0. The minimum Gasteiger partial charge on any atom is -0.394 e. The van der Waals surface area contributed by atoms with Gasteiger partial charge in [0.1, 0.15) is 17.6 Å². The molecule has 0 saturated carbocycles. The van der Waals surface area contributed by atoms with Gasteiger partial charge in [-0.25, -0.2) is 4.98 Å². The first kappa shape index (κ1) is 12.6. The lowest BCUT2D eigenvalue weighted by Crippen LogP contribution is -2.38. The van der Waals surface area contributed by atoms with Crippen molar-refractivity contribution in [1.29, 1.82) is 5.26 Å². The van der Waals surface area contributed by atoms with E-state index in [1.54, 1.807) is 6.07 Å². The molecule has 0 saturated heterocycles. The summed E-state index contributed by atoms with van der Waals surface area (Å²) in [5.41, 5.74) is 2.82. The summed E-state index contributed by atoms with van der Waals surface area (Å²) in [4.78, 5) is 6.41. The van der Waals surface area contributed by atoms with E-state index < -0.39 is 0 Å².